The molecule has 0 saturated carbocycles. The number of hydrogen-bond acceptors (Lipinski definition) is 6. The van der Waals surface area contributed by atoms with Crippen LogP contribution in [-0.4, -0.2) is 58.1 Å². The third kappa shape index (κ3) is 4.90. The second-order valence-electron chi connectivity index (χ2n) is 7.27. The third-order valence-electron chi connectivity index (χ3n) is 5.55. The Kier molecular flexibility index (Phi) is 7.98. The molecule has 1 aliphatic heterocycles. The van der Waals surface area contributed by atoms with Gasteiger partial charge in [0.05, 0.1) is 12.1 Å². The zero-order valence-electron chi connectivity index (χ0n) is 16.7. The fourth-order valence-electron chi connectivity index (χ4n) is 3.30. The van der Waals surface area contributed by atoms with Crippen LogP contribution in [-0.2, 0) is 4.79 Å². The summed E-state index contributed by atoms with van der Waals surface area (Å²) in [5.74, 6) is 1.46. The Labute approximate surface area is 172 Å². The summed E-state index contributed by atoms with van der Waals surface area (Å²) in [5.41, 5.74) is 7.05. The first-order valence-electron chi connectivity index (χ1n) is 9.68. The third-order valence-corrected chi connectivity index (χ3v) is 5.55. The largest absolute Gasteiger partial charge is 0.339 e. The molecular weight excluding hydrogens is 378 g/mol. The summed E-state index contributed by atoms with van der Waals surface area (Å²) in [6.45, 7) is 9.03. The Balaban J connectivity index is 0.00000280. The molecule has 1 fully saturated rings. The Bertz CT molecular complexity index is 746. The van der Waals surface area contributed by atoms with Crippen molar-refractivity contribution in [3.8, 4) is 11.4 Å². The number of nitrogens with two attached hydrogens (primary N) is 1. The van der Waals surface area contributed by atoms with Crippen LogP contribution in [0, 0.1) is 5.92 Å². The Hall–Kier alpha value is -1.96. The van der Waals surface area contributed by atoms with Gasteiger partial charge in [-0.25, -0.2) is 0 Å². The molecule has 7 nitrogen and oxygen atoms in total. The quantitative estimate of drug-likeness (QED) is 0.791. The van der Waals surface area contributed by atoms with Gasteiger partial charge in [-0.05, 0) is 12.8 Å². The molecule has 1 aromatic heterocycles. The lowest BCUT2D eigenvalue weighted by Gasteiger charge is -2.38. The van der Waals surface area contributed by atoms with Crippen LogP contribution in [0.5, 0.6) is 0 Å². The van der Waals surface area contributed by atoms with Gasteiger partial charge in [0.25, 0.3) is 0 Å². The number of amides is 1. The molecule has 1 saturated heterocycles. The standard InChI is InChI=1S/C20H29N5O2.ClH/c1-4-14(2)17(21)20(26)25-12-10-24(11-13-25)15(3)19-22-18(23-27-19)16-8-6-5-7-9-16;/h5-9,14-15,17H,4,10-13,21H2,1-3H3;1H. The SMILES string of the molecule is CCC(C)C(N)C(=O)N1CCN(C(C)c2nc(-c3ccccc3)no2)CC1.Cl. The van der Waals surface area contributed by atoms with Gasteiger partial charge in [0.15, 0.2) is 0 Å². The lowest BCUT2D eigenvalue weighted by molar-refractivity contribution is -0.135. The smallest absolute Gasteiger partial charge is 0.244 e. The molecule has 3 unspecified atom stereocenters. The highest BCUT2D eigenvalue weighted by Crippen LogP contribution is 2.23. The summed E-state index contributed by atoms with van der Waals surface area (Å²) in [6, 6.07) is 9.39. The van der Waals surface area contributed by atoms with Gasteiger partial charge in [-0.2, -0.15) is 4.98 Å². The molecule has 3 atom stereocenters. The van der Waals surface area contributed by atoms with E-state index in [1.165, 1.54) is 0 Å². The summed E-state index contributed by atoms with van der Waals surface area (Å²) in [4.78, 5) is 21.2. The van der Waals surface area contributed by atoms with Crippen molar-refractivity contribution in [2.45, 2.75) is 39.3 Å². The van der Waals surface area contributed by atoms with E-state index < -0.39 is 6.04 Å². The number of benzene rings is 1. The molecule has 0 aliphatic carbocycles. The summed E-state index contributed by atoms with van der Waals surface area (Å²) in [6.07, 6.45) is 0.908. The van der Waals surface area contributed by atoms with Crippen LogP contribution in [0.1, 0.15) is 39.1 Å². The minimum atomic E-state index is -0.414. The van der Waals surface area contributed by atoms with E-state index in [0.29, 0.717) is 24.8 Å². The summed E-state index contributed by atoms with van der Waals surface area (Å²) in [7, 11) is 0. The average molecular weight is 408 g/mol. The highest BCUT2D eigenvalue weighted by atomic mass is 35.5. The molecule has 0 bridgehead atoms. The summed E-state index contributed by atoms with van der Waals surface area (Å²) in [5, 5.41) is 4.10. The van der Waals surface area contributed by atoms with Crippen LogP contribution >= 0.6 is 12.4 Å². The van der Waals surface area contributed by atoms with E-state index in [-0.39, 0.29) is 30.3 Å². The first kappa shape index (κ1) is 22.3. The van der Waals surface area contributed by atoms with E-state index in [2.05, 4.69) is 28.9 Å². The van der Waals surface area contributed by atoms with Crippen LogP contribution < -0.4 is 5.73 Å². The van der Waals surface area contributed by atoms with Gasteiger partial charge < -0.3 is 15.2 Å². The molecule has 0 radical (unpaired) electrons. The van der Waals surface area contributed by atoms with Crippen molar-refractivity contribution in [3.05, 3.63) is 36.2 Å². The maximum absolute atomic E-state index is 12.5. The van der Waals surface area contributed by atoms with Crippen molar-refractivity contribution in [2.24, 2.45) is 11.7 Å². The van der Waals surface area contributed by atoms with Crippen molar-refractivity contribution >= 4 is 18.3 Å². The number of piperazine rings is 1. The Morgan fingerprint density at radius 1 is 1.18 bits per heavy atom. The van der Waals surface area contributed by atoms with Crippen molar-refractivity contribution < 1.29 is 9.32 Å². The predicted molar refractivity (Wildman–Crippen MR) is 111 cm³/mol. The average Bonchev–Trinajstić information content (AvgIpc) is 3.22. The van der Waals surface area contributed by atoms with Gasteiger partial charge in [-0.1, -0.05) is 55.8 Å². The molecule has 8 heteroatoms. The predicted octanol–water partition coefficient (Wildman–Crippen LogP) is 2.74. The van der Waals surface area contributed by atoms with Crippen LogP contribution in [0.2, 0.25) is 0 Å². The molecule has 3 rings (SSSR count). The zero-order chi connectivity index (χ0) is 19.4. The molecule has 0 spiro atoms. The Morgan fingerprint density at radius 3 is 2.43 bits per heavy atom. The zero-order valence-corrected chi connectivity index (χ0v) is 17.6. The minimum absolute atomic E-state index is 0. The molecule has 2 heterocycles. The maximum atomic E-state index is 12.5. The van der Waals surface area contributed by atoms with Crippen molar-refractivity contribution in [2.75, 3.05) is 26.2 Å². The van der Waals surface area contributed by atoms with Gasteiger partial charge in [-0.15, -0.1) is 12.4 Å². The van der Waals surface area contributed by atoms with E-state index in [9.17, 15) is 4.79 Å². The topological polar surface area (TPSA) is 88.5 Å². The monoisotopic (exact) mass is 407 g/mol. The number of aromatic nitrogens is 2. The highest BCUT2D eigenvalue weighted by molar-refractivity contribution is 5.85. The van der Waals surface area contributed by atoms with Gasteiger partial charge in [0, 0.05) is 31.7 Å². The van der Waals surface area contributed by atoms with Crippen molar-refractivity contribution in [1.29, 1.82) is 0 Å². The van der Waals surface area contributed by atoms with Crippen LogP contribution in [0.25, 0.3) is 11.4 Å². The van der Waals surface area contributed by atoms with Gasteiger partial charge in [-0.3, -0.25) is 9.69 Å². The van der Waals surface area contributed by atoms with Gasteiger partial charge in [0.1, 0.15) is 0 Å². The molecule has 1 aliphatic rings. The van der Waals surface area contributed by atoms with Crippen molar-refractivity contribution in [3.63, 3.8) is 0 Å². The summed E-state index contributed by atoms with van der Waals surface area (Å²) < 4.78 is 5.49. The number of hydrogen-bond donors (Lipinski definition) is 1. The van der Waals surface area contributed by atoms with Crippen LogP contribution in [0.3, 0.4) is 0 Å². The number of carbonyl (C=O) groups is 1. The van der Waals surface area contributed by atoms with Gasteiger partial charge in [0.2, 0.25) is 17.6 Å². The summed E-state index contributed by atoms with van der Waals surface area (Å²) >= 11 is 0. The highest BCUT2D eigenvalue weighted by Gasteiger charge is 2.30. The molecule has 1 amide bonds. The van der Waals surface area contributed by atoms with Crippen LogP contribution in [0.15, 0.2) is 34.9 Å². The van der Waals surface area contributed by atoms with E-state index in [4.69, 9.17) is 10.3 Å². The maximum Gasteiger partial charge on any atom is 0.244 e. The molecule has 28 heavy (non-hydrogen) atoms. The molecule has 1 aromatic carbocycles. The second kappa shape index (κ2) is 10.0. The number of nitrogens with zero attached hydrogens (tertiary/aromatic N) is 4. The number of rotatable bonds is 6. The fourth-order valence-corrected chi connectivity index (χ4v) is 3.30. The molecule has 154 valence electrons. The lowest BCUT2D eigenvalue weighted by Crippen LogP contribution is -2.54. The van der Waals surface area contributed by atoms with E-state index in [1.807, 2.05) is 42.2 Å². The first-order chi connectivity index (χ1) is 13.0. The second-order valence-corrected chi connectivity index (χ2v) is 7.27. The fraction of sp³-hybridized carbons (Fsp3) is 0.550. The molecular formula is C20H30ClN5O2. The van der Waals surface area contributed by atoms with E-state index in [1.54, 1.807) is 0 Å². The molecule has 2 N–H and O–H groups in total. The minimum Gasteiger partial charge on any atom is -0.339 e. The first-order valence-corrected chi connectivity index (χ1v) is 9.68. The Morgan fingerprint density at radius 2 is 1.82 bits per heavy atom. The normalized spacial score (nSPS) is 18.2. The molecule has 2 aromatic rings. The van der Waals surface area contributed by atoms with E-state index >= 15 is 0 Å². The number of halogens is 1. The lowest BCUT2D eigenvalue weighted by atomic mass is 9.98. The van der Waals surface area contributed by atoms with Crippen molar-refractivity contribution in [1.82, 2.24) is 19.9 Å². The van der Waals surface area contributed by atoms with E-state index in [0.717, 1.165) is 25.1 Å². The van der Waals surface area contributed by atoms with Gasteiger partial charge >= 0.3 is 0 Å². The van der Waals surface area contributed by atoms with Crippen LogP contribution in [0.4, 0.5) is 0 Å². The number of carbonyl (C=O) groups excluding carboxylic acids is 1.